The van der Waals surface area contributed by atoms with E-state index >= 15 is 0 Å². The average Bonchev–Trinajstić information content (AvgIpc) is 2.48. The molecule has 0 spiro atoms. The summed E-state index contributed by atoms with van der Waals surface area (Å²) in [5, 5.41) is 2.86. The molecule has 1 rings (SSSR count). The van der Waals surface area contributed by atoms with E-state index in [1.54, 1.807) is 0 Å². The fraction of sp³-hybridized carbons (Fsp3) is 0.588. The summed E-state index contributed by atoms with van der Waals surface area (Å²) in [5.74, 6) is 0.373. The van der Waals surface area contributed by atoms with Crippen LogP contribution in [0, 0.1) is 0 Å². The molecule has 0 aromatic heterocycles. The number of hydrogen-bond acceptors (Lipinski definition) is 2. The van der Waals surface area contributed by atoms with Crippen molar-refractivity contribution in [3.8, 4) is 0 Å². The van der Waals surface area contributed by atoms with Crippen LogP contribution in [0.2, 0.25) is 0 Å². The van der Waals surface area contributed by atoms with Gasteiger partial charge in [0.25, 0.3) is 0 Å². The molecule has 3 heteroatoms. The Balaban J connectivity index is 2.49. The molecular weight excluding hydrogens is 250 g/mol. The molecule has 1 N–H and O–H groups in total. The number of rotatable bonds is 9. The van der Waals surface area contributed by atoms with Gasteiger partial charge in [-0.3, -0.25) is 0 Å². The van der Waals surface area contributed by atoms with Crippen molar-refractivity contribution in [1.82, 2.24) is 5.32 Å². The third-order valence-electron chi connectivity index (χ3n) is 3.45. The van der Waals surface area contributed by atoms with E-state index in [1.807, 2.05) is 13.0 Å². The molecule has 0 fully saturated rings. The molecule has 20 heavy (non-hydrogen) atoms. The smallest absolute Gasteiger partial charge is 0.407 e. The number of unbranched alkanes of at least 4 members (excludes halogenated alkanes) is 3. The van der Waals surface area contributed by atoms with Crippen molar-refractivity contribution in [2.45, 2.75) is 51.9 Å². The molecule has 112 valence electrons. The van der Waals surface area contributed by atoms with Gasteiger partial charge in [0.15, 0.2) is 0 Å². The molecule has 0 aliphatic heterocycles. The van der Waals surface area contributed by atoms with Crippen LogP contribution < -0.4 is 5.32 Å². The molecule has 1 unspecified atom stereocenters. The summed E-state index contributed by atoms with van der Waals surface area (Å²) >= 11 is 0. The van der Waals surface area contributed by atoms with Crippen LogP contribution in [-0.2, 0) is 4.74 Å². The van der Waals surface area contributed by atoms with Gasteiger partial charge in [0.2, 0.25) is 0 Å². The summed E-state index contributed by atoms with van der Waals surface area (Å²) in [4.78, 5) is 11.4. The lowest BCUT2D eigenvalue weighted by Crippen LogP contribution is -2.29. The molecule has 0 bridgehead atoms. The van der Waals surface area contributed by atoms with Crippen LogP contribution in [0.25, 0.3) is 0 Å². The van der Waals surface area contributed by atoms with E-state index in [0.717, 1.165) is 6.42 Å². The lowest BCUT2D eigenvalue weighted by atomic mass is 9.93. The second-order valence-corrected chi connectivity index (χ2v) is 5.06. The van der Waals surface area contributed by atoms with Gasteiger partial charge < -0.3 is 10.1 Å². The van der Waals surface area contributed by atoms with E-state index in [9.17, 15) is 4.79 Å². The largest absolute Gasteiger partial charge is 0.450 e. The van der Waals surface area contributed by atoms with E-state index in [-0.39, 0.29) is 6.09 Å². The highest BCUT2D eigenvalue weighted by atomic mass is 16.5. The summed E-state index contributed by atoms with van der Waals surface area (Å²) in [6, 6.07) is 10.4. The first-order chi connectivity index (χ1) is 9.77. The van der Waals surface area contributed by atoms with Crippen LogP contribution >= 0.6 is 0 Å². The molecular formula is C17H27NO2. The van der Waals surface area contributed by atoms with Gasteiger partial charge >= 0.3 is 6.09 Å². The van der Waals surface area contributed by atoms with E-state index in [2.05, 4.69) is 36.5 Å². The Morgan fingerprint density at radius 3 is 2.55 bits per heavy atom. The summed E-state index contributed by atoms with van der Waals surface area (Å²) < 4.78 is 4.92. The van der Waals surface area contributed by atoms with Crippen LogP contribution in [-0.4, -0.2) is 19.2 Å². The van der Waals surface area contributed by atoms with Crippen molar-refractivity contribution in [3.05, 3.63) is 35.9 Å². The number of ether oxygens (including phenoxy) is 1. The zero-order valence-corrected chi connectivity index (χ0v) is 12.7. The van der Waals surface area contributed by atoms with Gasteiger partial charge in [-0.05, 0) is 18.9 Å². The molecule has 1 atom stereocenters. The number of hydrogen-bond donors (Lipinski definition) is 1. The van der Waals surface area contributed by atoms with E-state index in [0.29, 0.717) is 19.1 Å². The SMILES string of the molecule is CCCCCCC(CNC(=O)OCC)c1ccccc1. The summed E-state index contributed by atoms with van der Waals surface area (Å²) in [7, 11) is 0. The molecule has 3 nitrogen and oxygen atoms in total. The Hall–Kier alpha value is -1.51. The fourth-order valence-electron chi connectivity index (χ4n) is 2.32. The summed E-state index contributed by atoms with van der Waals surface area (Å²) in [6.45, 7) is 5.10. The minimum absolute atomic E-state index is 0.318. The second kappa shape index (κ2) is 10.3. The Labute approximate surface area is 122 Å². The average molecular weight is 277 g/mol. The van der Waals surface area contributed by atoms with Crippen molar-refractivity contribution in [1.29, 1.82) is 0 Å². The number of carbonyl (C=O) groups excluding carboxylic acids is 1. The zero-order chi connectivity index (χ0) is 14.6. The maximum Gasteiger partial charge on any atom is 0.407 e. The van der Waals surface area contributed by atoms with E-state index in [1.165, 1.54) is 31.2 Å². The van der Waals surface area contributed by atoms with Gasteiger partial charge in [-0.15, -0.1) is 0 Å². The minimum Gasteiger partial charge on any atom is -0.450 e. The summed E-state index contributed by atoms with van der Waals surface area (Å²) in [5.41, 5.74) is 1.29. The predicted molar refractivity (Wildman–Crippen MR) is 83.0 cm³/mol. The van der Waals surface area contributed by atoms with Gasteiger partial charge in [0, 0.05) is 12.5 Å². The van der Waals surface area contributed by atoms with Crippen molar-refractivity contribution in [2.75, 3.05) is 13.2 Å². The molecule has 0 heterocycles. The van der Waals surface area contributed by atoms with Gasteiger partial charge in [0.05, 0.1) is 6.61 Å². The van der Waals surface area contributed by atoms with Crippen molar-refractivity contribution < 1.29 is 9.53 Å². The van der Waals surface area contributed by atoms with E-state index in [4.69, 9.17) is 4.74 Å². The molecule has 0 aliphatic rings. The van der Waals surface area contributed by atoms with Crippen molar-refractivity contribution in [3.63, 3.8) is 0 Å². The first-order valence-electron chi connectivity index (χ1n) is 7.73. The van der Waals surface area contributed by atoms with Crippen LogP contribution in [0.15, 0.2) is 30.3 Å². The Bertz CT molecular complexity index is 365. The Morgan fingerprint density at radius 2 is 1.90 bits per heavy atom. The first kappa shape index (κ1) is 16.5. The molecule has 0 radical (unpaired) electrons. The van der Waals surface area contributed by atoms with Crippen molar-refractivity contribution in [2.24, 2.45) is 0 Å². The number of nitrogens with one attached hydrogen (secondary N) is 1. The van der Waals surface area contributed by atoms with Crippen LogP contribution in [0.4, 0.5) is 4.79 Å². The van der Waals surface area contributed by atoms with Gasteiger partial charge in [0.1, 0.15) is 0 Å². The Morgan fingerprint density at radius 1 is 1.15 bits per heavy atom. The first-order valence-corrected chi connectivity index (χ1v) is 7.73. The lowest BCUT2D eigenvalue weighted by molar-refractivity contribution is 0.151. The molecule has 0 saturated carbocycles. The number of alkyl carbamates (subject to hydrolysis) is 1. The maximum atomic E-state index is 11.4. The molecule has 1 aromatic carbocycles. The van der Waals surface area contributed by atoms with Crippen LogP contribution in [0.3, 0.4) is 0 Å². The quantitative estimate of drug-likeness (QED) is 0.675. The second-order valence-electron chi connectivity index (χ2n) is 5.06. The molecule has 1 amide bonds. The monoisotopic (exact) mass is 277 g/mol. The fourth-order valence-corrected chi connectivity index (χ4v) is 2.32. The van der Waals surface area contributed by atoms with Gasteiger partial charge in [-0.1, -0.05) is 62.9 Å². The summed E-state index contributed by atoms with van der Waals surface area (Å²) in [6.07, 6.45) is 5.79. The molecule has 0 aliphatic carbocycles. The normalized spacial score (nSPS) is 11.9. The highest BCUT2D eigenvalue weighted by molar-refractivity contribution is 5.67. The zero-order valence-electron chi connectivity index (χ0n) is 12.7. The molecule has 1 aromatic rings. The third kappa shape index (κ3) is 6.60. The van der Waals surface area contributed by atoms with Crippen LogP contribution in [0.5, 0.6) is 0 Å². The Kier molecular flexibility index (Phi) is 8.52. The highest BCUT2D eigenvalue weighted by Gasteiger charge is 2.12. The topological polar surface area (TPSA) is 38.3 Å². The minimum atomic E-state index is -0.318. The lowest BCUT2D eigenvalue weighted by Gasteiger charge is -2.18. The number of amides is 1. The predicted octanol–water partition coefficient (Wildman–Crippen LogP) is 4.49. The van der Waals surface area contributed by atoms with Gasteiger partial charge in [-0.2, -0.15) is 0 Å². The van der Waals surface area contributed by atoms with E-state index < -0.39 is 0 Å². The standard InChI is InChI=1S/C17H27NO2/c1-3-5-6-8-13-16(14-18-17(19)20-4-2)15-11-9-7-10-12-15/h7,9-12,16H,3-6,8,13-14H2,1-2H3,(H,18,19). The van der Waals surface area contributed by atoms with Crippen molar-refractivity contribution >= 4 is 6.09 Å². The number of benzene rings is 1. The molecule has 0 saturated heterocycles. The number of carbonyl (C=O) groups is 1. The van der Waals surface area contributed by atoms with Crippen LogP contribution in [0.1, 0.15) is 57.4 Å². The van der Waals surface area contributed by atoms with Gasteiger partial charge in [-0.25, -0.2) is 4.79 Å². The highest BCUT2D eigenvalue weighted by Crippen LogP contribution is 2.22. The third-order valence-corrected chi connectivity index (χ3v) is 3.45. The maximum absolute atomic E-state index is 11.4.